The fourth-order valence-corrected chi connectivity index (χ4v) is 3.07. The molecule has 1 aliphatic carbocycles. The van der Waals surface area contributed by atoms with Crippen LogP contribution in [0.1, 0.15) is 49.6 Å². The second kappa shape index (κ2) is 7.02. The monoisotopic (exact) mass is 307 g/mol. The summed E-state index contributed by atoms with van der Waals surface area (Å²) in [6.45, 7) is 6.29. The first-order chi connectivity index (χ1) is 9.99. The summed E-state index contributed by atoms with van der Waals surface area (Å²) in [7, 11) is 1.93. The van der Waals surface area contributed by atoms with Gasteiger partial charge in [0, 0.05) is 24.3 Å². The minimum atomic E-state index is 0.468. The first kappa shape index (κ1) is 15.9. The van der Waals surface area contributed by atoms with Crippen molar-refractivity contribution < 1.29 is 0 Å². The Morgan fingerprint density at radius 1 is 1.38 bits per heavy atom. The summed E-state index contributed by atoms with van der Waals surface area (Å²) in [5, 5.41) is 12.6. The summed E-state index contributed by atoms with van der Waals surface area (Å²) in [6, 6.07) is 0.468. The lowest BCUT2D eigenvalue weighted by atomic mass is 9.86. The minimum Gasteiger partial charge on any atom is -0.358 e. The van der Waals surface area contributed by atoms with Gasteiger partial charge in [0.25, 0.3) is 0 Å². The number of nitrogens with one attached hydrogen (secondary N) is 2. The highest BCUT2D eigenvalue weighted by Gasteiger charge is 2.21. The van der Waals surface area contributed by atoms with Crippen molar-refractivity contribution in [2.24, 2.45) is 18.1 Å². The summed E-state index contributed by atoms with van der Waals surface area (Å²) in [5.41, 5.74) is 6.02. The molecule has 0 saturated heterocycles. The molecule has 2 atom stereocenters. The summed E-state index contributed by atoms with van der Waals surface area (Å²) in [5.74, 6) is 0.672. The molecule has 6 heteroatoms. The van der Waals surface area contributed by atoms with Crippen molar-refractivity contribution in [1.29, 1.82) is 0 Å². The number of thiocarbonyl (C=S) groups is 1. The Labute approximate surface area is 132 Å². The largest absolute Gasteiger partial charge is 0.358 e. The zero-order valence-corrected chi connectivity index (χ0v) is 14.1. The number of aromatic nitrogens is 2. The molecule has 5 nitrogen and oxygen atoms in total. The van der Waals surface area contributed by atoms with Gasteiger partial charge in [0.1, 0.15) is 0 Å². The highest BCUT2D eigenvalue weighted by molar-refractivity contribution is 7.80. The number of hydrogen-bond donors (Lipinski definition) is 2. The minimum absolute atomic E-state index is 0.468. The molecule has 116 valence electrons. The molecule has 0 bridgehead atoms. The second-order valence-corrected chi connectivity index (χ2v) is 6.33. The highest BCUT2D eigenvalue weighted by atomic mass is 32.1. The van der Waals surface area contributed by atoms with Crippen molar-refractivity contribution >= 4 is 23.5 Å². The van der Waals surface area contributed by atoms with E-state index >= 15 is 0 Å². The normalized spacial score (nSPS) is 22.5. The summed E-state index contributed by atoms with van der Waals surface area (Å²) < 4.78 is 1.86. The molecule has 2 rings (SSSR count). The third-order valence-electron chi connectivity index (χ3n) is 4.35. The predicted molar refractivity (Wildman–Crippen MR) is 90.6 cm³/mol. The molecular weight excluding hydrogens is 282 g/mol. The standard InChI is InChI=1S/C15H25N5S/c1-10-7-5-6-8-14(10)17-15(21)18-16-9-13-11(2)19-20(4)12(13)3/h9-10,14H,5-8H2,1-4H3,(H2,17,18,21)/b16-9-/t10-,14-/m1/s1. The summed E-state index contributed by atoms with van der Waals surface area (Å²) >= 11 is 5.32. The van der Waals surface area contributed by atoms with Crippen molar-refractivity contribution in [3.05, 3.63) is 17.0 Å². The molecule has 2 N–H and O–H groups in total. The number of aryl methyl sites for hydroxylation is 2. The van der Waals surface area contributed by atoms with Crippen LogP contribution in [0.3, 0.4) is 0 Å². The zero-order valence-electron chi connectivity index (χ0n) is 13.3. The van der Waals surface area contributed by atoms with E-state index in [1.165, 1.54) is 25.7 Å². The van der Waals surface area contributed by atoms with Crippen LogP contribution in [0.4, 0.5) is 0 Å². The third kappa shape index (κ3) is 4.03. The molecule has 1 heterocycles. The molecule has 1 aromatic rings. The molecular formula is C15H25N5S. The van der Waals surface area contributed by atoms with E-state index in [9.17, 15) is 0 Å². The second-order valence-electron chi connectivity index (χ2n) is 5.92. The van der Waals surface area contributed by atoms with Crippen molar-refractivity contribution in [1.82, 2.24) is 20.5 Å². The number of hydrogen-bond acceptors (Lipinski definition) is 3. The quantitative estimate of drug-likeness (QED) is 0.511. The van der Waals surface area contributed by atoms with E-state index in [-0.39, 0.29) is 0 Å². The van der Waals surface area contributed by atoms with Crippen LogP contribution in [-0.2, 0) is 7.05 Å². The van der Waals surface area contributed by atoms with Crippen LogP contribution in [0, 0.1) is 19.8 Å². The number of nitrogens with zero attached hydrogens (tertiary/aromatic N) is 3. The molecule has 1 fully saturated rings. The van der Waals surface area contributed by atoms with Crippen LogP contribution in [0.2, 0.25) is 0 Å². The van der Waals surface area contributed by atoms with Crippen molar-refractivity contribution in [3.8, 4) is 0 Å². The smallest absolute Gasteiger partial charge is 0.187 e. The number of rotatable bonds is 3. The summed E-state index contributed by atoms with van der Waals surface area (Å²) in [6.07, 6.45) is 6.86. The van der Waals surface area contributed by atoms with Gasteiger partial charge in [-0.3, -0.25) is 10.1 Å². The average Bonchev–Trinajstić information content (AvgIpc) is 2.68. The first-order valence-corrected chi connectivity index (χ1v) is 7.99. The molecule has 1 aliphatic rings. The van der Waals surface area contributed by atoms with Gasteiger partial charge in [-0.25, -0.2) is 0 Å². The lowest BCUT2D eigenvalue weighted by Crippen LogP contribution is -2.44. The molecule has 0 aliphatic heterocycles. The number of hydrazone groups is 1. The Kier molecular flexibility index (Phi) is 5.33. The first-order valence-electron chi connectivity index (χ1n) is 7.58. The molecule has 0 spiro atoms. The van der Waals surface area contributed by atoms with Gasteiger partial charge >= 0.3 is 0 Å². The highest BCUT2D eigenvalue weighted by Crippen LogP contribution is 2.23. The van der Waals surface area contributed by atoms with Gasteiger partial charge in [0.2, 0.25) is 0 Å². The lowest BCUT2D eigenvalue weighted by Gasteiger charge is -2.30. The van der Waals surface area contributed by atoms with Crippen LogP contribution < -0.4 is 10.7 Å². The third-order valence-corrected chi connectivity index (χ3v) is 4.56. The molecule has 21 heavy (non-hydrogen) atoms. The molecule has 0 amide bonds. The van der Waals surface area contributed by atoms with Gasteiger partial charge in [-0.15, -0.1) is 0 Å². The van der Waals surface area contributed by atoms with E-state index in [0.717, 1.165) is 17.0 Å². The van der Waals surface area contributed by atoms with Crippen LogP contribution in [0.5, 0.6) is 0 Å². The van der Waals surface area contributed by atoms with Crippen molar-refractivity contribution in [2.75, 3.05) is 0 Å². The van der Waals surface area contributed by atoms with Crippen LogP contribution in [-0.4, -0.2) is 27.1 Å². The maximum absolute atomic E-state index is 5.32. The maximum atomic E-state index is 5.32. The Balaban J connectivity index is 1.87. The fraction of sp³-hybridized carbons (Fsp3) is 0.667. The van der Waals surface area contributed by atoms with Crippen LogP contribution >= 0.6 is 12.2 Å². The molecule has 0 unspecified atom stereocenters. The Morgan fingerprint density at radius 2 is 2.10 bits per heavy atom. The zero-order chi connectivity index (χ0) is 15.4. The van der Waals surface area contributed by atoms with E-state index in [4.69, 9.17) is 12.2 Å². The van der Waals surface area contributed by atoms with Gasteiger partial charge in [-0.1, -0.05) is 19.8 Å². The van der Waals surface area contributed by atoms with Gasteiger partial charge < -0.3 is 5.32 Å². The Bertz CT molecular complexity index is 534. The average molecular weight is 307 g/mol. The Hall–Kier alpha value is -1.43. The molecule has 1 aromatic heterocycles. The van der Waals surface area contributed by atoms with Gasteiger partial charge in [-0.2, -0.15) is 10.2 Å². The van der Waals surface area contributed by atoms with E-state index in [1.807, 2.05) is 25.6 Å². The summed E-state index contributed by atoms with van der Waals surface area (Å²) in [4.78, 5) is 0. The van der Waals surface area contributed by atoms with Crippen LogP contribution in [0.25, 0.3) is 0 Å². The Morgan fingerprint density at radius 3 is 2.71 bits per heavy atom. The van der Waals surface area contributed by atoms with Crippen LogP contribution in [0.15, 0.2) is 5.10 Å². The van der Waals surface area contributed by atoms with Crippen molar-refractivity contribution in [3.63, 3.8) is 0 Å². The topological polar surface area (TPSA) is 54.2 Å². The van der Waals surface area contributed by atoms with E-state index in [1.54, 1.807) is 6.21 Å². The maximum Gasteiger partial charge on any atom is 0.187 e. The molecule has 1 saturated carbocycles. The van der Waals surface area contributed by atoms with Gasteiger partial charge in [0.05, 0.1) is 11.9 Å². The predicted octanol–water partition coefficient (Wildman–Crippen LogP) is 2.41. The van der Waals surface area contributed by atoms with E-state index in [0.29, 0.717) is 17.1 Å². The van der Waals surface area contributed by atoms with E-state index in [2.05, 4.69) is 27.9 Å². The van der Waals surface area contributed by atoms with Crippen molar-refractivity contribution in [2.45, 2.75) is 52.5 Å². The van der Waals surface area contributed by atoms with E-state index < -0.39 is 0 Å². The fourth-order valence-electron chi connectivity index (χ4n) is 2.86. The molecule has 0 radical (unpaired) electrons. The molecule has 0 aromatic carbocycles. The van der Waals surface area contributed by atoms with Gasteiger partial charge in [0.15, 0.2) is 5.11 Å². The lowest BCUT2D eigenvalue weighted by molar-refractivity contribution is 0.308. The van der Waals surface area contributed by atoms with Gasteiger partial charge in [-0.05, 0) is 44.8 Å². The SMILES string of the molecule is Cc1nn(C)c(C)c1/C=N\NC(=S)N[C@@H]1CCCC[C@H]1C.